The van der Waals surface area contributed by atoms with E-state index in [1.54, 1.807) is 23.6 Å². The Morgan fingerprint density at radius 3 is 2.50 bits per heavy atom. The van der Waals surface area contributed by atoms with Gasteiger partial charge in [-0.1, -0.05) is 0 Å². The van der Waals surface area contributed by atoms with Crippen molar-refractivity contribution in [3.05, 3.63) is 23.7 Å². The van der Waals surface area contributed by atoms with E-state index in [9.17, 15) is 9.18 Å². The zero-order valence-electron chi connectivity index (χ0n) is 12.4. The van der Waals surface area contributed by atoms with Crippen molar-refractivity contribution in [2.75, 3.05) is 31.1 Å². The highest BCUT2D eigenvalue weighted by molar-refractivity contribution is 5.49. The monoisotopic (exact) mass is 305 g/mol. The summed E-state index contributed by atoms with van der Waals surface area (Å²) >= 11 is 0. The van der Waals surface area contributed by atoms with E-state index in [-0.39, 0.29) is 11.8 Å². The van der Waals surface area contributed by atoms with Crippen LogP contribution in [0.3, 0.4) is 0 Å². The van der Waals surface area contributed by atoms with Gasteiger partial charge in [0.2, 0.25) is 6.41 Å². The van der Waals surface area contributed by atoms with Crippen molar-refractivity contribution in [2.45, 2.75) is 13.8 Å². The zero-order chi connectivity index (χ0) is 15.7. The molecule has 1 fully saturated rings. The standard InChI is InChI=1S/C13H16FN7O/c1-9-16-10(2)21(18-9)13-15-7-11(14)12(17-13)20-5-3-19(8-22)4-6-20/h7-8H,3-6H2,1-2H3. The van der Waals surface area contributed by atoms with Crippen molar-refractivity contribution in [1.82, 2.24) is 29.6 Å². The number of anilines is 1. The lowest BCUT2D eigenvalue weighted by atomic mass is 10.3. The van der Waals surface area contributed by atoms with Gasteiger partial charge in [0.25, 0.3) is 5.95 Å². The van der Waals surface area contributed by atoms with Gasteiger partial charge in [-0.2, -0.15) is 9.67 Å². The fraction of sp³-hybridized carbons (Fsp3) is 0.462. The average Bonchev–Trinajstić information content (AvgIpc) is 2.86. The van der Waals surface area contributed by atoms with Crippen LogP contribution in [0.4, 0.5) is 10.2 Å². The number of aromatic nitrogens is 5. The smallest absolute Gasteiger partial charge is 0.254 e. The van der Waals surface area contributed by atoms with Crippen LogP contribution in [0.25, 0.3) is 5.95 Å². The molecule has 0 aliphatic carbocycles. The third kappa shape index (κ3) is 2.61. The van der Waals surface area contributed by atoms with Gasteiger partial charge < -0.3 is 9.80 Å². The highest BCUT2D eigenvalue weighted by atomic mass is 19.1. The summed E-state index contributed by atoms with van der Waals surface area (Å²) in [5, 5.41) is 4.21. The number of nitrogens with zero attached hydrogens (tertiary/aromatic N) is 7. The van der Waals surface area contributed by atoms with E-state index in [0.29, 0.717) is 37.8 Å². The second-order valence-electron chi connectivity index (χ2n) is 5.09. The molecular weight excluding hydrogens is 289 g/mol. The Bertz CT molecular complexity index is 694. The van der Waals surface area contributed by atoms with Crippen LogP contribution in [0.2, 0.25) is 0 Å². The van der Waals surface area contributed by atoms with Crippen molar-refractivity contribution in [1.29, 1.82) is 0 Å². The fourth-order valence-corrected chi connectivity index (χ4v) is 2.42. The minimum Gasteiger partial charge on any atom is -0.350 e. The molecule has 3 heterocycles. The Morgan fingerprint density at radius 1 is 1.18 bits per heavy atom. The summed E-state index contributed by atoms with van der Waals surface area (Å²) in [6, 6.07) is 0. The first-order valence-electron chi connectivity index (χ1n) is 6.96. The Kier molecular flexibility index (Phi) is 3.70. The third-order valence-corrected chi connectivity index (χ3v) is 3.54. The summed E-state index contributed by atoms with van der Waals surface area (Å²) in [5.74, 6) is 1.26. The number of carbonyl (C=O) groups is 1. The Hall–Kier alpha value is -2.58. The molecule has 22 heavy (non-hydrogen) atoms. The van der Waals surface area contributed by atoms with E-state index in [1.807, 2.05) is 0 Å². The number of aryl methyl sites for hydroxylation is 2. The van der Waals surface area contributed by atoms with E-state index < -0.39 is 5.82 Å². The molecule has 2 aromatic heterocycles. The number of carbonyl (C=O) groups excluding carboxylic acids is 1. The minimum absolute atomic E-state index is 0.225. The molecule has 0 bridgehead atoms. The molecular formula is C13H16FN7O. The molecule has 1 saturated heterocycles. The molecule has 2 aromatic rings. The molecule has 0 saturated carbocycles. The summed E-state index contributed by atoms with van der Waals surface area (Å²) in [7, 11) is 0. The molecule has 9 heteroatoms. The summed E-state index contributed by atoms with van der Waals surface area (Å²) < 4.78 is 15.5. The Balaban J connectivity index is 1.91. The number of hydrogen-bond acceptors (Lipinski definition) is 6. The molecule has 8 nitrogen and oxygen atoms in total. The number of rotatable bonds is 3. The third-order valence-electron chi connectivity index (χ3n) is 3.54. The van der Waals surface area contributed by atoms with Gasteiger partial charge in [0, 0.05) is 26.2 Å². The Morgan fingerprint density at radius 2 is 1.91 bits per heavy atom. The van der Waals surface area contributed by atoms with Crippen LogP contribution in [-0.2, 0) is 4.79 Å². The summed E-state index contributed by atoms with van der Waals surface area (Å²) in [4.78, 5) is 26.7. The highest BCUT2D eigenvalue weighted by Gasteiger charge is 2.21. The maximum atomic E-state index is 14.1. The van der Waals surface area contributed by atoms with Crippen LogP contribution in [-0.4, -0.2) is 62.2 Å². The van der Waals surface area contributed by atoms with E-state index in [1.165, 1.54) is 4.68 Å². The van der Waals surface area contributed by atoms with Gasteiger partial charge in [-0.25, -0.2) is 14.4 Å². The van der Waals surface area contributed by atoms with Crippen LogP contribution in [0.15, 0.2) is 6.20 Å². The highest BCUT2D eigenvalue weighted by Crippen LogP contribution is 2.18. The van der Waals surface area contributed by atoms with Crippen molar-refractivity contribution >= 4 is 12.2 Å². The van der Waals surface area contributed by atoms with Crippen molar-refractivity contribution in [2.24, 2.45) is 0 Å². The van der Waals surface area contributed by atoms with E-state index in [0.717, 1.165) is 12.6 Å². The largest absolute Gasteiger partial charge is 0.350 e. The van der Waals surface area contributed by atoms with Gasteiger partial charge in [-0.05, 0) is 13.8 Å². The molecule has 1 aliphatic rings. The summed E-state index contributed by atoms with van der Waals surface area (Å²) in [5.41, 5.74) is 0. The average molecular weight is 305 g/mol. The first-order valence-corrected chi connectivity index (χ1v) is 6.96. The van der Waals surface area contributed by atoms with Crippen LogP contribution >= 0.6 is 0 Å². The zero-order valence-corrected chi connectivity index (χ0v) is 12.4. The lowest BCUT2D eigenvalue weighted by Crippen LogP contribution is -2.46. The first-order chi connectivity index (χ1) is 10.6. The maximum Gasteiger partial charge on any atom is 0.254 e. The van der Waals surface area contributed by atoms with E-state index >= 15 is 0 Å². The van der Waals surface area contributed by atoms with Gasteiger partial charge in [0.15, 0.2) is 11.6 Å². The fourth-order valence-electron chi connectivity index (χ4n) is 2.42. The molecule has 3 rings (SSSR count). The molecule has 0 atom stereocenters. The summed E-state index contributed by atoms with van der Waals surface area (Å²) in [6.07, 6.45) is 1.95. The first kappa shape index (κ1) is 14.4. The second-order valence-corrected chi connectivity index (χ2v) is 5.09. The molecule has 0 spiro atoms. The predicted octanol–water partition coefficient (Wildman–Crippen LogP) is 0.0916. The van der Waals surface area contributed by atoms with Gasteiger partial charge in [0.05, 0.1) is 6.20 Å². The molecule has 116 valence electrons. The van der Waals surface area contributed by atoms with Crippen LogP contribution in [0.5, 0.6) is 0 Å². The van der Waals surface area contributed by atoms with Gasteiger partial charge in [0.1, 0.15) is 11.6 Å². The maximum absolute atomic E-state index is 14.1. The topological polar surface area (TPSA) is 80.0 Å². The number of amides is 1. The molecule has 0 unspecified atom stereocenters. The second kappa shape index (κ2) is 5.66. The molecule has 1 aliphatic heterocycles. The van der Waals surface area contributed by atoms with Crippen LogP contribution in [0, 0.1) is 19.7 Å². The van der Waals surface area contributed by atoms with Gasteiger partial charge in [-0.3, -0.25) is 4.79 Å². The molecule has 1 amide bonds. The van der Waals surface area contributed by atoms with E-state index in [2.05, 4.69) is 20.1 Å². The van der Waals surface area contributed by atoms with E-state index in [4.69, 9.17) is 0 Å². The minimum atomic E-state index is -0.488. The normalized spacial score (nSPS) is 15.2. The van der Waals surface area contributed by atoms with Crippen molar-refractivity contribution in [3.63, 3.8) is 0 Å². The Labute approximate surface area is 126 Å². The lowest BCUT2D eigenvalue weighted by Gasteiger charge is -2.33. The molecule has 0 aromatic carbocycles. The van der Waals surface area contributed by atoms with Crippen LogP contribution in [0.1, 0.15) is 11.6 Å². The number of piperazine rings is 1. The van der Waals surface area contributed by atoms with Gasteiger partial charge in [-0.15, -0.1) is 5.10 Å². The van der Waals surface area contributed by atoms with Crippen molar-refractivity contribution < 1.29 is 9.18 Å². The predicted molar refractivity (Wildman–Crippen MR) is 76.2 cm³/mol. The number of hydrogen-bond donors (Lipinski definition) is 0. The number of halogens is 1. The molecule has 0 radical (unpaired) electrons. The van der Waals surface area contributed by atoms with Gasteiger partial charge >= 0.3 is 0 Å². The lowest BCUT2D eigenvalue weighted by molar-refractivity contribution is -0.118. The summed E-state index contributed by atoms with van der Waals surface area (Å²) in [6.45, 7) is 5.71. The van der Waals surface area contributed by atoms with Crippen LogP contribution < -0.4 is 4.90 Å². The quantitative estimate of drug-likeness (QED) is 0.748. The van der Waals surface area contributed by atoms with Crippen molar-refractivity contribution in [3.8, 4) is 5.95 Å². The SMILES string of the molecule is Cc1nc(C)n(-c2ncc(F)c(N3CCN(C=O)CC3)n2)n1. The molecule has 0 N–H and O–H groups in total.